The Morgan fingerprint density at radius 2 is 2.04 bits per heavy atom. The predicted octanol–water partition coefficient (Wildman–Crippen LogP) is 3.44. The van der Waals surface area contributed by atoms with Crippen LogP contribution in [0.25, 0.3) is 0 Å². The molecular formula is C20H28N4O4. The number of aromatic nitrogens is 1. The van der Waals surface area contributed by atoms with Gasteiger partial charge < -0.3 is 24.8 Å². The molecule has 0 aliphatic carbocycles. The normalized spacial score (nSPS) is 10.5. The minimum absolute atomic E-state index is 0.0999. The largest absolute Gasteiger partial charge is 0.382 e. The summed E-state index contributed by atoms with van der Waals surface area (Å²) in [6.45, 7) is 7.13. The highest BCUT2D eigenvalue weighted by molar-refractivity contribution is 5.96. The summed E-state index contributed by atoms with van der Waals surface area (Å²) in [6.07, 6.45) is 1.51. The van der Waals surface area contributed by atoms with Crippen molar-refractivity contribution in [3.63, 3.8) is 0 Å². The van der Waals surface area contributed by atoms with Gasteiger partial charge in [-0.2, -0.15) is 0 Å². The number of carbonyl (C=O) groups is 2. The third-order valence-corrected chi connectivity index (χ3v) is 4.02. The molecule has 2 rings (SSSR count). The molecule has 2 N–H and O–H groups in total. The molecule has 0 fully saturated rings. The number of hydrogen-bond donors (Lipinski definition) is 2. The van der Waals surface area contributed by atoms with Gasteiger partial charge in [0.05, 0.1) is 0 Å². The van der Waals surface area contributed by atoms with E-state index in [1.807, 2.05) is 31.2 Å². The number of nitrogens with zero attached hydrogens (tertiary/aromatic N) is 2. The van der Waals surface area contributed by atoms with E-state index in [9.17, 15) is 9.59 Å². The summed E-state index contributed by atoms with van der Waals surface area (Å²) < 4.78 is 10.3. The van der Waals surface area contributed by atoms with Crippen molar-refractivity contribution < 1.29 is 18.8 Å². The lowest BCUT2D eigenvalue weighted by Crippen LogP contribution is -2.41. The van der Waals surface area contributed by atoms with Crippen molar-refractivity contribution in [2.24, 2.45) is 0 Å². The van der Waals surface area contributed by atoms with E-state index in [2.05, 4.69) is 22.7 Å². The zero-order valence-electron chi connectivity index (χ0n) is 16.7. The monoisotopic (exact) mass is 388 g/mol. The highest BCUT2D eigenvalue weighted by Gasteiger charge is 2.18. The number of benzene rings is 1. The second-order valence-corrected chi connectivity index (χ2v) is 6.33. The van der Waals surface area contributed by atoms with Gasteiger partial charge in [0.15, 0.2) is 5.82 Å². The lowest BCUT2D eigenvalue weighted by atomic mass is 10.1. The third kappa shape index (κ3) is 7.03. The average molecular weight is 388 g/mol. The van der Waals surface area contributed by atoms with Crippen molar-refractivity contribution in [3.05, 3.63) is 41.7 Å². The second-order valence-electron chi connectivity index (χ2n) is 6.33. The minimum atomic E-state index is -0.345. The summed E-state index contributed by atoms with van der Waals surface area (Å²) in [5.41, 5.74) is 1.83. The van der Waals surface area contributed by atoms with Crippen LogP contribution in [0.2, 0.25) is 0 Å². The first-order valence-electron chi connectivity index (χ1n) is 9.47. The van der Waals surface area contributed by atoms with Gasteiger partial charge in [-0.05, 0) is 44.4 Å². The average Bonchev–Trinajstić information content (AvgIpc) is 3.08. The molecule has 152 valence electrons. The van der Waals surface area contributed by atoms with Crippen LogP contribution in [0.4, 0.5) is 16.3 Å². The lowest BCUT2D eigenvalue weighted by molar-refractivity contribution is -0.116. The van der Waals surface area contributed by atoms with E-state index < -0.39 is 0 Å². The van der Waals surface area contributed by atoms with Crippen LogP contribution in [0.1, 0.15) is 31.6 Å². The van der Waals surface area contributed by atoms with E-state index in [4.69, 9.17) is 9.26 Å². The Balaban J connectivity index is 1.99. The van der Waals surface area contributed by atoms with E-state index >= 15 is 0 Å². The van der Waals surface area contributed by atoms with E-state index in [1.165, 1.54) is 4.90 Å². The Hall–Kier alpha value is -2.87. The highest BCUT2D eigenvalue weighted by Crippen LogP contribution is 2.12. The zero-order chi connectivity index (χ0) is 20.4. The van der Waals surface area contributed by atoms with Crippen LogP contribution in [0, 0.1) is 6.92 Å². The predicted molar refractivity (Wildman–Crippen MR) is 107 cm³/mol. The molecule has 8 nitrogen and oxygen atoms in total. The van der Waals surface area contributed by atoms with E-state index in [0.29, 0.717) is 43.4 Å². The molecule has 0 radical (unpaired) electrons. The van der Waals surface area contributed by atoms with Gasteiger partial charge in [-0.15, -0.1) is 0 Å². The Morgan fingerprint density at radius 1 is 1.21 bits per heavy atom. The fourth-order valence-electron chi connectivity index (χ4n) is 2.61. The maximum Gasteiger partial charge on any atom is 0.322 e. The molecule has 0 aliphatic heterocycles. The summed E-state index contributed by atoms with van der Waals surface area (Å²) in [6, 6.07) is 8.93. The highest BCUT2D eigenvalue weighted by atomic mass is 16.5. The number of urea groups is 1. The molecule has 0 saturated carbocycles. The fourth-order valence-corrected chi connectivity index (χ4v) is 2.61. The van der Waals surface area contributed by atoms with Crippen LogP contribution in [0.5, 0.6) is 0 Å². The molecule has 3 amide bonds. The topological polar surface area (TPSA) is 96.7 Å². The van der Waals surface area contributed by atoms with Gasteiger partial charge in [-0.25, -0.2) is 4.79 Å². The molecule has 0 unspecified atom stereocenters. The maximum absolute atomic E-state index is 12.7. The molecule has 8 heteroatoms. The number of rotatable bonds is 10. The first kappa shape index (κ1) is 21.4. The smallest absolute Gasteiger partial charge is 0.322 e. The van der Waals surface area contributed by atoms with Crippen LogP contribution in [-0.2, 0) is 16.0 Å². The van der Waals surface area contributed by atoms with Gasteiger partial charge in [0, 0.05) is 31.5 Å². The van der Waals surface area contributed by atoms with Crippen molar-refractivity contribution in [3.8, 4) is 0 Å². The Labute approximate surface area is 165 Å². The summed E-state index contributed by atoms with van der Waals surface area (Å²) in [7, 11) is 0. The number of nitrogens with one attached hydrogen (secondary N) is 2. The Bertz CT molecular complexity index is 775. The van der Waals surface area contributed by atoms with Gasteiger partial charge in [0.25, 0.3) is 0 Å². The molecule has 0 spiro atoms. The number of carbonyl (C=O) groups excluding carboxylic acids is 2. The lowest BCUT2D eigenvalue weighted by Gasteiger charge is -2.22. The molecule has 1 aromatic carbocycles. The first-order chi connectivity index (χ1) is 13.5. The van der Waals surface area contributed by atoms with Crippen molar-refractivity contribution in [1.29, 1.82) is 0 Å². The molecule has 28 heavy (non-hydrogen) atoms. The fraction of sp³-hybridized carbons (Fsp3) is 0.450. The van der Waals surface area contributed by atoms with Gasteiger partial charge >= 0.3 is 6.03 Å². The Morgan fingerprint density at radius 3 is 2.71 bits per heavy atom. The maximum atomic E-state index is 12.7. The van der Waals surface area contributed by atoms with Gasteiger partial charge in [0.2, 0.25) is 5.91 Å². The van der Waals surface area contributed by atoms with E-state index in [1.54, 1.807) is 13.0 Å². The molecule has 2 aromatic rings. The molecule has 0 atom stereocenters. The zero-order valence-corrected chi connectivity index (χ0v) is 16.7. The number of aryl methyl sites for hydroxylation is 2. The SMILES string of the molecule is CCOCCCN(CC(=O)Nc1cc(C)on1)C(=O)Nc1cccc(CC)c1. The van der Waals surface area contributed by atoms with Crippen LogP contribution < -0.4 is 10.6 Å². The first-order valence-corrected chi connectivity index (χ1v) is 9.47. The van der Waals surface area contributed by atoms with E-state index in [-0.39, 0.29) is 18.5 Å². The van der Waals surface area contributed by atoms with Crippen molar-refractivity contribution in [2.75, 3.05) is 36.9 Å². The third-order valence-electron chi connectivity index (χ3n) is 4.02. The molecule has 1 aromatic heterocycles. The number of anilines is 2. The van der Waals surface area contributed by atoms with Crippen LogP contribution in [-0.4, -0.2) is 48.3 Å². The van der Waals surface area contributed by atoms with Gasteiger partial charge in [0.1, 0.15) is 12.3 Å². The summed E-state index contributed by atoms with van der Waals surface area (Å²) >= 11 is 0. The minimum Gasteiger partial charge on any atom is -0.382 e. The quantitative estimate of drug-likeness (QED) is 0.608. The number of hydrogen-bond acceptors (Lipinski definition) is 5. The summed E-state index contributed by atoms with van der Waals surface area (Å²) in [5, 5.41) is 9.23. The number of ether oxygens (including phenoxy) is 1. The summed E-state index contributed by atoms with van der Waals surface area (Å²) in [5.74, 6) is 0.576. The molecule has 0 bridgehead atoms. The van der Waals surface area contributed by atoms with Gasteiger partial charge in [-0.1, -0.05) is 24.2 Å². The summed E-state index contributed by atoms with van der Waals surface area (Å²) in [4.78, 5) is 26.5. The van der Waals surface area contributed by atoms with Gasteiger partial charge in [-0.3, -0.25) is 4.79 Å². The van der Waals surface area contributed by atoms with Crippen molar-refractivity contribution >= 4 is 23.4 Å². The van der Waals surface area contributed by atoms with Crippen molar-refractivity contribution in [1.82, 2.24) is 10.1 Å². The van der Waals surface area contributed by atoms with Crippen molar-refractivity contribution in [2.45, 2.75) is 33.6 Å². The van der Waals surface area contributed by atoms with E-state index in [0.717, 1.165) is 12.0 Å². The van der Waals surface area contributed by atoms with Crippen LogP contribution in [0.3, 0.4) is 0 Å². The standard InChI is InChI=1S/C20H28N4O4/c1-4-16-8-6-9-17(13-16)21-20(26)24(10-7-11-27-5-2)14-19(25)22-18-12-15(3)28-23-18/h6,8-9,12-13H,4-5,7,10-11,14H2,1-3H3,(H,21,26)(H,22,23,25). The second kappa shape index (κ2) is 11.1. The van der Waals surface area contributed by atoms with Crippen LogP contribution >= 0.6 is 0 Å². The molecule has 0 saturated heterocycles. The number of amides is 3. The molecular weight excluding hydrogens is 360 g/mol. The molecule has 0 aliphatic rings. The molecule has 1 heterocycles. The van der Waals surface area contributed by atoms with Crippen LogP contribution in [0.15, 0.2) is 34.9 Å². The Kier molecular flexibility index (Phi) is 8.48.